The molecular weight excluding hydrogens is 545 g/mol. The third-order valence-electron chi connectivity index (χ3n) is 7.48. The summed E-state index contributed by atoms with van der Waals surface area (Å²) in [6.45, 7) is 3.79. The number of nitro groups is 1. The molecule has 2 aromatic carbocycles. The summed E-state index contributed by atoms with van der Waals surface area (Å²) in [6.07, 6.45) is 4.69. The van der Waals surface area contributed by atoms with Gasteiger partial charge in [0.1, 0.15) is 28.9 Å². The lowest BCUT2D eigenvalue weighted by Crippen LogP contribution is -2.39. The van der Waals surface area contributed by atoms with E-state index in [-0.39, 0.29) is 30.2 Å². The molecule has 2 aliphatic rings. The van der Waals surface area contributed by atoms with Gasteiger partial charge in [-0.05, 0) is 56.0 Å². The van der Waals surface area contributed by atoms with Gasteiger partial charge in [-0.25, -0.2) is 18.5 Å². The molecule has 6 rings (SSSR count). The number of hydrogen-bond acceptors (Lipinski definition) is 9. The van der Waals surface area contributed by atoms with E-state index in [0.29, 0.717) is 53.2 Å². The lowest BCUT2D eigenvalue weighted by atomic mass is 9.84. The van der Waals surface area contributed by atoms with Crippen LogP contribution in [-0.4, -0.2) is 48.1 Å². The van der Waals surface area contributed by atoms with Crippen molar-refractivity contribution in [2.75, 3.05) is 11.5 Å². The number of Topliss-reactive ketones (excluding diaryl/α,β-unsaturated/α-hetero) is 1. The van der Waals surface area contributed by atoms with Crippen molar-refractivity contribution in [2.45, 2.75) is 45.7 Å². The summed E-state index contributed by atoms with van der Waals surface area (Å²) in [6, 6.07) is 9.73. The summed E-state index contributed by atoms with van der Waals surface area (Å²) in [5.74, 6) is -0.561. The molecule has 13 heteroatoms. The summed E-state index contributed by atoms with van der Waals surface area (Å²) in [5.41, 5.74) is 3.94. The number of non-ortho nitro benzene ring substituents is 1. The van der Waals surface area contributed by atoms with Gasteiger partial charge < -0.3 is 9.64 Å². The van der Waals surface area contributed by atoms with Gasteiger partial charge in [0, 0.05) is 29.8 Å². The monoisotopic (exact) mass is 571 g/mol. The predicted molar refractivity (Wildman–Crippen MR) is 148 cm³/mol. The zero-order valence-corrected chi connectivity index (χ0v) is 22.9. The molecule has 42 heavy (non-hydrogen) atoms. The molecule has 4 aromatic rings. The number of hydrogen-bond donors (Lipinski definition) is 0. The zero-order valence-electron chi connectivity index (χ0n) is 22.9. The van der Waals surface area contributed by atoms with Crippen LogP contribution in [0.1, 0.15) is 59.4 Å². The number of aryl methyl sites for hydroxylation is 1. The highest BCUT2D eigenvalue weighted by Gasteiger charge is 2.42. The maximum atomic E-state index is 13.8. The lowest BCUT2D eigenvalue weighted by molar-refractivity contribution is -0.384. The highest BCUT2D eigenvalue weighted by atomic mass is 19.1. The molecule has 0 bridgehead atoms. The first-order valence-electron chi connectivity index (χ1n) is 13.5. The molecule has 1 unspecified atom stereocenters. The molecule has 0 radical (unpaired) electrons. The average Bonchev–Trinajstić information content (AvgIpc) is 3.62. The molecule has 0 N–H and O–H groups in total. The van der Waals surface area contributed by atoms with Gasteiger partial charge >= 0.3 is 5.97 Å². The number of esters is 1. The number of ketones is 1. The van der Waals surface area contributed by atoms with Crippen LogP contribution in [0.25, 0.3) is 5.69 Å². The second-order valence-corrected chi connectivity index (χ2v) is 10.1. The topological polar surface area (TPSA) is 138 Å². The van der Waals surface area contributed by atoms with Gasteiger partial charge in [-0.2, -0.15) is 5.10 Å². The number of benzene rings is 2. The van der Waals surface area contributed by atoms with Crippen LogP contribution in [-0.2, 0) is 16.1 Å². The third kappa shape index (κ3) is 4.62. The molecule has 0 spiro atoms. The molecule has 3 heterocycles. The Hall–Kier alpha value is -5.20. The minimum absolute atomic E-state index is 0.0261. The van der Waals surface area contributed by atoms with Gasteiger partial charge in [0.25, 0.3) is 5.69 Å². The quantitative estimate of drug-likeness (QED) is 0.177. The van der Waals surface area contributed by atoms with Crippen LogP contribution in [0.5, 0.6) is 0 Å². The van der Waals surface area contributed by atoms with Gasteiger partial charge in [-0.1, -0.05) is 17.3 Å². The van der Waals surface area contributed by atoms with E-state index in [1.54, 1.807) is 42.9 Å². The lowest BCUT2D eigenvalue weighted by Gasteiger charge is -2.40. The van der Waals surface area contributed by atoms with Crippen LogP contribution < -0.4 is 4.90 Å². The Kier molecular flexibility index (Phi) is 6.85. The summed E-state index contributed by atoms with van der Waals surface area (Å²) < 4.78 is 22.3. The highest BCUT2D eigenvalue weighted by molar-refractivity contribution is 6.01. The number of anilines is 1. The molecule has 1 aliphatic heterocycles. The van der Waals surface area contributed by atoms with Crippen LogP contribution in [0.2, 0.25) is 0 Å². The molecule has 2 aromatic heterocycles. The van der Waals surface area contributed by atoms with Crippen LogP contribution in [0, 0.1) is 22.9 Å². The van der Waals surface area contributed by atoms with Crippen molar-refractivity contribution in [3.63, 3.8) is 0 Å². The van der Waals surface area contributed by atoms with Crippen LogP contribution in [0.3, 0.4) is 0 Å². The molecule has 0 saturated carbocycles. The maximum absolute atomic E-state index is 13.8. The fraction of sp³-hybridized carbons (Fsp3) is 0.276. The molecule has 1 aliphatic carbocycles. The first-order chi connectivity index (χ1) is 20.3. The molecule has 214 valence electrons. The number of nitro benzene ring substituents is 1. The van der Waals surface area contributed by atoms with Gasteiger partial charge in [-0.3, -0.25) is 14.9 Å². The smallest absolute Gasteiger partial charge is 0.343 e. The Morgan fingerprint density at radius 3 is 2.69 bits per heavy atom. The Morgan fingerprint density at radius 1 is 1.19 bits per heavy atom. The largest absolute Gasteiger partial charge is 0.462 e. The number of carbonyl (C=O) groups is 2. The second kappa shape index (κ2) is 10.7. The summed E-state index contributed by atoms with van der Waals surface area (Å²) in [7, 11) is 0. The zero-order chi connectivity index (χ0) is 29.5. The molecule has 12 nitrogen and oxygen atoms in total. The van der Waals surface area contributed by atoms with Crippen molar-refractivity contribution in [1.29, 1.82) is 0 Å². The Balaban J connectivity index is 1.46. The predicted octanol–water partition coefficient (Wildman–Crippen LogP) is 4.61. The minimum Gasteiger partial charge on any atom is -0.462 e. The van der Waals surface area contributed by atoms with Crippen molar-refractivity contribution in [3.8, 4) is 5.69 Å². The van der Waals surface area contributed by atoms with Crippen LogP contribution in [0.15, 0.2) is 66.1 Å². The molecule has 0 saturated heterocycles. The van der Waals surface area contributed by atoms with Crippen molar-refractivity contribution in [1.82, 2.24) is 24.8 Å². The fourth-order valence-corrected chi connectivity index (χ4v) is 5.64. The van der Waals surface area contributed by atoms with E-state index in [9.17, 15) is 24.1 Å². The Morgan fingerprint density at radius 2 is 1.98 bits per heavy atom. The number of fused-ring (bicyclic) bond motifs is 1. The standard InChI is InChI=1S/C29H26FN7O5/c1-3-42-29(39)22-14-31-36-27(18-7-9-19(30)10-8-18)26-24(5-4-6-25(26)38)34(28(22)36)15-20-16-35(33-32-20)23-12-11-21(37(40)41)13-17(23)2/h7-14,16,27H,3-6,15H2,1-2H3. The van der Waals surface area contributed by atoms with Gasteiger partial charge in [-0.15, -0.1) is 5.10 Å². The van der Waals surface area contributed by atoms with Crippen LogP contribution in [0.4, 0.5) is 15.9 Å². The molecular formula is C29H26FN7O5. The first kappa shape index (κ1) is 27.0. The van der Waals surface area contributed by atoms with Crippen molar-refractivity contribution in [2.24, 2.45) is 0 Å². The Labute approximate surface area is 239 Å². The number of ether oxygens (including phenoxy) is 1. The highest BCUT2D eigenvalue weighted by Crippen LogP contribution is 2.45. The SMILES string of the molecule is CCOC(=O)c1cnn2c1N(Cc1cn(-c3ccc([N+](=O)[O-])cc3C)nn1)C1=C(C(=O)CCC1)C2c1ccc(F)cc1. The van der Waals surface area contributed by atoms with Crippen LogP contribution >= 0.6 is 0 Å². The third-order valence-corrected chi connectivity index (χ3v) is 7.48. The van der Waals surface area contributed by atoms with E-state index in [1.807, 2.05) is 4.90 Å². The van der Waals surface area contributed by atoms with Gasteiger partial charge in [0.15, 0.2) is 5.78 Å². The number of aromatic nitrogens is 5. The van der Waals surface area contributed by atoms with E-state index in [2.05, 4.69) is 15.4 Å². The van der Waals surface area contributed by atoms with E-state index in [4.69, 9.17) is 4.74 Å². The number of halogens is 1. The molecule has 0 amide bonds. The van der Waals surface area contributed by atoms with E-state index < -0.39 is 22.8 Å². The minimum atomic E-state index is -0.652. The van der Waals surface area contributed by atoms with Crippen molar-refractivity contribution >= 4 is 23.3 Å². The number of carbonyl (C=O) groups excluding carboxylic acids is 2. The maximum Gasteiger partial charge on any atom is 0.343 e. The summed E-state index contributed by atoms with van der Waals surface area (Å²) in [5, 5.41) is 24.3. The van der Waals surface area contributed by atoms with Gasteiger partial charge in [0.05, 0.1) is 36.2 Å². The fourth-order valence-electron chi connectivity index (χ4n) is 5.64. The summed E-state index contributed by atoms with van der Waals surface area (Å²) >= 11 is 0. The number of allylic oxidation sites excluding steroid dienone is 2. The van der Waals surface area contributed by atoms with Gasteiger partial charge in [0.2, 0.25) is 0 Å². The van der Waals surface area contributed by atoms with E-state index in [0.717, 1.165) is 5.70 Å². The van der Waals surface area contributed by atoms with Crippen molar-refractivity contribution in [3.05, 3.63) is 104 Å². The van der Waals surface area contributed by atoms with E-state index in [1.165, 1.54) is 35.1 Å². The molecule has 1 atom stereocenters. The summed E-state index contributed by atoms with van der Waals surface area (Å²) in [4.78, 5) is 39.1. The first-order valence-corrected chi connectivity index (χ1v) is 13.5. The Bertz CT molecular complexity index is 1760. The number of rotatable bonds is 7. The molecule has 0 fully saturated rings. The van der Waals surface area contributed by atoms with Crippen molar-refractivity contribution < 1.29 is 23.6 Å². The average molecular weight is 572 g/mol. The number of nitrogens with zero attached hydrogens (tertiary/aromatic N) is 7. The van der Waals surface area contributed by atoms with E-state index >= 15 is 0 Å². The normalized spacial score (nSPS) is 16.3. The second-order valence-electron chi connectivity index (χ2n) is 10.1.